The second-order valence-electron chi connectivity index (χ2n) is 15.1. The zero-order valence-corrected chi connectivity index (χ0v) is 32.7. The van der Waals surface area contributed by atoms with E-state index in [9.17, 15) is 5.11 Å². The van der Waals surface area contributed by atoms with Gasteiger partial charge in [0.15, 0.2) is 5.78 Å². The van der Waals surface area contributed by atoms with Crippen molar-refractivity contribution in [3.05, 3.63) is 68.8 Å². The van der Waals surface area contributed by atoms with Crippen molar-refractivity contribution in [2.24, 2.45) is 0 Å². The van der Waals surface area contributed by atoms with Gasteiger partial charge in [0.25, 0.3) is 0 Å². The van der Waals surface area contributed by atoms with Crippen molar-refractivity contribution in [1.29, 1.82) is 0 Å². The van der Waals surface area contributed by atoms with Crippen LogP contribution in [-0.2, 0) is 0 Å². The normalized spacial score (nSPS) is 15.8. The van der Waals surface area contributed by atoms with E-state index in [1.165, 1.54) is 16.7 Å². The molecule has 0 aromatic heterocycles. The minimum absolute atomic E-state index is 0.108. The molecule has 2 heteroatoms. The minimum Gasteiger partial charge on any atom is -0.507 e. The fourth-order valence-electron chi connectivity index (χ4n) is 8.34. The van der Waals surface area contributed by atoms with E-state index in [0.717, 1.165) is 105 Å². The van der Waals surface area contributed by atoms with Crippen molar-refractivity contribution < 1.29 is 9.90 Å². The fourth-order valence-corrected chi connectivity index (χ4v) is 8.34. The van der Waals surface area contributed by atoms with Crippen molar-refractivity contribution in [3.63, 3.8) is 0 Å². The summed E-state index contributed by atoms with van der Waals surface area (Å²) in [7, 11) is 0. The molecule has 264 valence electrons. The van der Waals surface area contributed by atoms with Gasteiger partial charge in [-0.15, -0.1) is 0 Å². The highest BCUT2D eigenvalue weighted by Gasteiger charge is 2.34. The third-order valence-electron chi connectivity index (χ3n) is 10.8. The summed E-state index contributed by atoms with van der Waals surface area (Å²) in [5.74, 6) is 2.26. The third kappa shape index (κ3) is 10.3. The molecule has 2 aromatic rings. The molecule has 6 unspecified atom stereocenters. The Bertz CT molecular complexity index is 1230. The fraction of sp³-hybridized carbons (Fsp3) is 0.667. The van der Waals surface area contributed by atoms with Crippen molar-refractivity contribution in [3.8, 4) is 5.75 Å². The second kappa shape index (κ2) is 20.2. The van der Waals surface area contributed by atoms with Gasteiger partial charge in [-0.25, -0.2) is 0 Å². The zero-order chi connectivity index (χ0) is 35.3. The van der Waals surface area contributed by atoms with Gasteiger partial charge in [0.05, 0.1) is 0 Å². The number of hydrogen-bond donors (Lipinski definition) is 1. The third-order valence-corrected chi connectivity index (χ3v) is 10.8. The summed E-state index contributed by atoms with van der Waals surface area (Å²) in [6.07, 6.45) is 16.8. The molecule has 0 fully saturated rings. The Hall–Kier alpha value is -2.35. The lowest BCUT2D eigenvalue weighted by molar-refractivity contribution is 0.104. The van der Waals surface area contributed by atoms with Crippen molar-refractivity contribution in [2.45, 2.75) is 196 Å². The highest BCUT2D eigenvalue weighted by Crippen LogP contribution is 2.49. The Morgan fingerprint density at radius 3 is 1.38 bits per heavy atom. The Morgan fingerprint density at radius 2 is 0.957 bits per heavy atom. The van der Waals surface area contributed by atoms with E-state index in [1.807, 2.05) is 6.08 Å². The predicted molar refractivity (Wildman–Crippen MR) is 208 cm³/mol. The summed E-state index contributed by atoms with van der Waals surface area (Å²) in [6, 6.07) is 7.00. The summed E-state index contributed by atoms with van der Waals surface area (Å²) in [5.41, 5.74) is 9.11. The van der Waals surface area contributed by atoms with Crippen molar-refractivity contribution in [1.82, 2.24) is 0 Å². The maximum Gasteiger partial charge on any atom is 0.186 e. The number of phenolic OH excluding ortho intramolecular Hbond substituents is 1. The number of carbonyl (C=O) groups is 1. The summed E-state index contributed by atoms with van der Waals surface area (Å²) in [5, 5.41) is 12.3. The van der Waals surface area contributed by atoms with Gasteiger partial charge in [-0.2, -0.15) is 0 Å². The lowest BCUT2D eigenvalue weighted by atomic mass is 9.72. The first-order valence-corrected chi connectivity index (χ1v) is 19.7. The maximum absolute atomic E-state index is 15.0. The van der Waals surface area contributed by atoms with Gasteiger partial charge in [0, 0.05) is 16.7 Å². The Balaban J connectivity index is 3.04. The van der Waals surface area contributed by atoms with Gasteiger partial charge in [-0.3, -0.25) is 4.79 Å². The number of rotatable bonds is 21. The minimum atomic E-state index is 0.108. The van der Waals surface area contributed by atoms with E-state index in [0.29, 0.717) is 17.6 Å². The van der Waals surface area contributed by atoms with Gasteiger partial charge in [-0.05, 0) is 108 Å². The van der Waals surface area contributed by atoms with E-state index in [2.05, 4.69) is 107 Å². The smallest absolute Gasteiger partial charge is 0.186 e. The summed E-state index contributed by atoms with van der Waals surface area (Å²) < 4.78 is 0. The quantitative estimate of drug-likeness (QED) is 0.108. The Morgan fingerprint density at radius 1 is 0.574 bits per heavy atom. The molecule has 6 atom stereocenters. The zero-order valence-electron chi connectivity index (χ0n) is 32.7. The van der Waals surface area contributed by atoms with Crippen LogP contribution in [0, 0.1) is 0 Å². The number of hydrogen-bond acceptors (Lipinski definition) is 2. The molecular weight excluding hydrogens is 572 g/mol. The molecule has 0 amide bonds. The second-order valence-corrected chi connectivity index (χ2v) is 15.1. The standard InChI is InChI=1S/C45H72O2/c1-13-19-30(7)36-25-27-38(31(8)20-14-2)37(29-36)26-28-39(46)44-40(32(9)21-15-3)42(34(11)23-17-5)45(47)43(35(12)24-18-6)41(44)33(10)22-16-4/h25-35,47H,13-24H2,1-12H3/b28-26+. The van der Waals surface area contributed by atoms with Gasteiger partial charge < -0.3 is 5.11 Å². The van der Waals surface area contributed by atoms with E-state index in [1.54, 1.807) is 0 Å². The van der Waals surface area contributed by atoms with Crippen molar-refractivity contribution in [2.75, 3.05) is 0 Å². The van der Waals surface area contributed by atoms with Crippen LogP contribution in [0.1, 0.15) is 245 Å². The van der Waals surface area contributed by atoms with Crippen LogP contribution in [-0.4, -0.2) is 10.9 Å². The van der Waals surface area contributed by atoms with Gasteiger partial charge in [0.1, 0.15) is 5.75 Å². The first-order chi connectivity index (χ1) is 22.4. The molecule has 0 aliphatic heterocycles. The number of ketones is 1. The molecule has 0 spiro atoms. The molecule has 0 heterocycles. The number of aromatic hydroxyl groups is 1. The van der Waals surface area contributed by atoms with E-state index >= 15 is 4.79 Å². The van der Waals surface area contributed by atoms with Crippen LogP contribution in [0.25, 0.3) is 6.08 Å². The van der Waals surface area contributed by atoms with Crippen LogP contribution in [0.2, 0.25) is 0 Å². The molecule has 2 nitrogen and oxygen atoms in total. The highest BCUT2D eigenvalue weighted by atomic mass is 16.3. The maximum atomic E-state index is 15.0. The van der Waals surface area contributed by atoms with Crippen LogP contribution >= 0.6 is 0 Å². The predicted octanol–water partition coefficient (Wildman–Crippen LogP) is 14.7. The largest absolute Gasteiger partial charge is 0.507 e. The molecule has 0 radical (unpaired) electrons. The summed E-state index contributed by atoms with van der Waals surface area (Å²) in [4.78, 5) is 15.0. The van der Waals surface area contributed by atoms with Crippen LogP contribution < -0.4 is 0 Å². The molecular formula is C45H72O2. The van der Waals surface area contributed by atoms with Crippen molar-refractivity contribution >= 4 is 11.9 Å². The highest BCUT2D eigenvalue weighted by molar-refractivity contribution is 6.10. The van der Waals surface area contributed by atoms with Gasteiger partial charge in [0.2, 0.25) is 0 Å². The Kier molecular flexibility index (Phi) is 17.6. The van der Waals surface area contributed by atoms with Crippen LogP contribution in [0.15, 0.2) is 24.3 Å². The van der Waals surface area contributed by atoms with Gasteiger partial charge >= 0.3 is 0 Å². The Labute approximate surface area is 291 Å². The lowest BCUT2D eigenvalue weighted by Gasteiger charge is -2.33. The van der Waals surface area contributed by atoms with Crippen LogP contribution in [0.3, 0.4) is 0 Å². The first kappa shape index (κ1) is 40.8. The number of allylic oxidation sites excluding steroid dienone is 1. The molecule has 47 heavy (non-hydrogen) atoms. The van der Waals surface area contributed by atoms with E-state index in [-0.39, 0.29) is 29.5 Å². The molecule has 0 aliphatic rings. The van der Waals surface area contributed by atoms with E-state index in [4.69, 9.17) is 0 Å². The molecule has 0 saturated carbocycles. The average Bonchev–Trinajstić information content (AvgIpc) is 3.03. The molecule has 1 N–H and O–H groups in total. The van der Waals surface area contributed by atoms with Gasteiger partial charge in [-0.1, -0.05) is 146 Å². The SMILES string of the molecule is CCCC(C)c1ccc(C(C)CCC)c(/C=C/C(=O)c2c(C(C)CCC)c(C(C)CCC)c(O)c(C(C)CCC)c2C(C)CCC)c1. The summed E-state index contributed by atoms with van der Waals surface area (Å²) >= 11 is 0. The summed E-state index contributed by atoms with van der Waals surface area (Å²) in [6.45, 7) is 27.2. The monoisotopic (exact) mass is 645 g/mol. The van der Waals surface area contributed by atoms with E-state index < -0.39 is 0 Å². The molecule has 0 bridgehead atoms. The topological polar surface area (TPSA) is 37.3 Å². The average molecular weight is 645 g/mol. The number of phenols is 1. The molecule has 2 aromatic carbocycles. The first-order valence-electron chi connectivity index (χ1n) is 19.7. The number of carbonyl (C=O) groups excluding carboxylic acids is 1. The molecule has 2 rings (SSSR count). The van der Waals surface area contributed by atoms with Crippen LogP contribution in [0.5, 0.6) is 5.75 Å². The number of benzene rings is 2. The van der Waals surface area contributed by atoms with Crippen LogP contribution in [0.4, 0.5) is 0 Å². The molecule has 0 aliphatic carbocycles. The molecule has 0 saturated heterocycles. The lowest BCUT2D eigenvalue weighted by Crippen LogP contribution is -2.19.